The first-order chi connectivity index (χ1) is 12.6. The van der Waals surface area contributed by atoms with E-state index in [1.165, 1.54) is 12.1 Å². The molecule has 2 aromatic carbocycles. The Balaban J connectivity index is 1.50. The number of nitrogens with one attached hydrogen (secondary N) is 1. The van der Waals surface area contributed by atoms with Crippen LogP contribution in [0.4, 0.5) is 10.2 Å². The molecule has 1 aromatic heterocycles. The fraction of sp³-hybridized carbons (Fsp3) is 0.200. The fourth-order valence-electron chi connectivity index (χ4n) is 3.23. The summed E-state index contributed by atoms with van der Waals surface area (Å²) in [5.74, 6) is 1.13. The highest BCUT2D eigenvalue weighted by molar-refractivity contribution is 5.94. The molecule has 6 heteroatoms. The minimum atomic E-state index is -0.274. The van der Waals surface area contributed by atoms with Crippen LogP contribution in [-0.2, 0) is 18.4 Å². The van der Waals surface area contributed by atoms with Gasteiger partial charge in [0.05, 0.1) is 6.20 Å². The molecule has 26 heavy (non-hydrogen) atoms. The molecule has 3 aromatic rings. The van der Waals surface area contributed by atoms with Crippen LogP contribution in [-0.4, -0.2) is 15.7 Å². The van der Waals surface area contributed by atoms with Crippen LogP contribution in [0.2, 0.25) is 0 Å². The largest absolute Gasteiger partial charge is 0.489 e. The van der Waals surface area contributed by atoms with Crippen LogP contribution in [0.1, 0.15) is 29.0 Å². The number of nitrogens with zero attached hydrogens (tertiary/aromatic N) is 2. The third-order valence-electron chi connectivity index (χ3n) is 4.57. The highest BCUT2D eigenvalue weighted by Gasteiger charge is 2.29. The van der Waals surface area contributed by atoms with Gasteiger partial charge in [-0.1, -0.05) is 24.3 Å². The van der Waals surface area contributed by atoms with Crippen molar-refractivity contribution in [1.82, 2.24) is 9.78 Å². The quantitative estimate of drug-likeness (QED) is 0.781. The third kappa shape index (κ3) is 3.18. The average molecular weight is 351 g/mol. The van der Waals surface area contributed by atoms with Crippen LogP contribution in [0.25, 0.3) is 0 Å². The first-order valence-electron chi connectivity index (χ1n) is 8.39. The number of halogens is 1. The maximum atomic E-state index is 13.2. The number of carbonyl (C=O) groups is 1. The van der Waals surface area contributed by atoms with Gasteiger partial charge in [0.25, 0.3) is 0 Å². The summed E-state index contributed by atoms with van der Waals surface area (Å²) in [5.41, 5.74) is 2.82. The van der Waals surface area contributed by atoms with Gasteiger partial charge >= 0.3 is 0 Å². The van der Waals surface area contributed by atoms with Crippen molar-refractivity contribution in [3.8, 4) is 5.75 Å². The Hall–Kier alpha value is -3.15. The highest BCUT2D eigenvalue weighted by Crippen LogP contribution is 2.37. The lowest BCUT2D eigenvalue weighted by Gasteiger charge is -2.23. The molecule has 0 radical (unpaired) electrons. The number of carbonyl (C=O) groups excluding carboxylic acids is 1. The number of aromatic nitrogens is 2. The zero-order chi connectivity index (χ0) is 18.1. The van der Waals surface area contributed by atoms with E-state index in [4.69, 9.17) is 4.74 Å². The molecule has 4 rings (SSSR count). The number of benzene rings is 2. The first kappa shape index (κ1) is 16.3. The fourth-order valence-corrected chi connectivity index (χ4v) is 3.23. The number of hydrogen-bond acceptors (Lipinski definition) is 3. The van der Waals surface area contributed by atoms with Gasteiger partial charge < -0.3 is 10.1 Å². The molecule has 1 amide bonds. The van der Waals surface area contributed by atoms with Crippen molar-refractivity contribution in [2.75, 3.05) is 5.32 Å². The summed E-state index contributed by atoms with van der Waals surface area (Å²) >= 11 is 0. The van der Waals surface area contributed by atoms with Crippen molar-refractivity contribution in [3.05, 3.63) is 77.2 Å². The van der Waals surface area contributed by atoms with Crippen molar-refractivity contribution >= 4 is 11.7 Å². The highest BCUT2D eigenvalue weighted by atomic mass is 19.1. The molecular formula is C20H18FN3O2. The molecule has 0 bridgehead atoms. The molecule has 0 spiro atoms. The molecule has 1 N–H and O–H groups in total. The van der Waals surface area contributed by atoms with E-state index in [1.807, 2.05) is 37.4 Å². The van der Waals surface area contributed by atoms with Gasteiger partial charge in [-0.3, -0.25) is 9.48 Å². The summed E-state index contributed by atoms with van der Waals surface area (Å²) in [6, 6.07) is 14.0. The number of amides is 1. The number of ether oxygens (including phenoxy) is 1. The van der Waals surface area contributed by atoms with Crippen molar-refractivity contribution < 1.29 is 13.9 Å². The lowest BCUT2D eigenvalue weighted by molar-refractivity contribution is -0.116. The van der Waals surface area contributed by atoms with Crippen LogP contribution in [0, 0.1) is 5.82 Å². The second-order valence-corrected chi connectivity index (χ2v) is 6.36. The maximum absolute atomic E-state index is 13.2. The number of hydrogen-bond donors (Lipinski definition) is 1. The van der Waals surface area contributed by atoms with E-state index in [1.54, 1.807) is 16.9 Å². The van der Waals surface area contributed by atoms with Gasteiger partial charge in [-0.05, 0) is 35.4 Å². The number of rotatable bonds is 4. The molecule has 5 nitrogen and oxygen atoms in total. The Morgan fingerprint density at radius 2 is 2.08 bits per heavy atom. The minimum Gasteiger partial charge on any atom is -0.489 e. The second kappa shape index (κ2) is 6.63. The van der Waals surface area contributed by atoms with Crippen molar-refractivity contribution in [2.45, 2.75) is 18.9 Å². The summed E-state index contributed by atoms with van der Waals surface area (Å²) in [6.45, 7) is 0.301. The van der Waals surface area contributed by atoms with Gasteiger partial charge in [0.1, 0.15) is 24.0 Å². The van der Waals surface area contributed by atoms with E-state index < -0.39 is 0 Å². The van der Waals surface area contributed by atoms with Gasteiger partial charge in [-0.2, -0.15) is 5.10 Å². The Morgan fingerprint density at radius 1 is 1.27 bits per heavy atom. The van der Waals surface area contributed by atoms with Crippen molar-refractivity contribution in [2.24, 2.45) is 7.05 Å². The van der Waals surface area contributed by atoms with Crippen LogP contribution in [0.5, 0.6) is 5.75 Å². The standard InChI is InChI=1S/C20H18FN3O2/c1-24-20-18(11-22-24)17(10-19(25)23-20)14-5-7-16(8-6-14)26-12-13-3-2-4-15(21)9-13/h2-9,11,17H,10,12H2,1H3,(H,23,25). The Labute approximate surface area is 150 Å². The van der Waals surface area contributed by atoms with Gasteiger partial charge in [0.15, 0.2) is 0 Å². The summed E-state index contributed by atoms with van der Waals surface area (Å²) < 4.78 is 20.6. The molecule has 132 valence electrons. The molecule has 0 saturated heterocycles. The van der Waals surface area contributed by atoms with Crippen molar-refractivity contribution in [3.63, 3.8) is 0 Å². The Morgan fingerprint density at radius 3 is 2.85 bits per heavy atom. The second-order valence-electron chi connectivity index (χ2n) is 6.36. The van der Waals surface area contributed by atoms with E-state index >= 15 is 0 Å². The van der Waals surface area contributed by atoms with Gasteiger partial charge in [-0.25, -0.2) is 4.39 Å². The van der Waals surface area contributed by atoms with Gasteiger partial charge in [-0.15, -0.1) is 0 Å². The normalized spacial score (nSPS) is 16.1. The summed E-state index contributed by atoms with van der Waals surface area (Å²) in [4.78, 5) is 12.0. The lowest BCUT2D eigenvalue weighted by Crippen LogP contribution is -2.24. The Bertz CT molecular complexity index is 950. The average Bonchev–Trinajstić information content (AvgIpc) is 3.01. The van der Waals surface area contributed by atoms with Gasteiger partial charge in [0.2, 0.25) is 5.91 Å². The molecule has 0 saturated carbocycles. The molecule has 1 atom stereocenters. The summed E-state index contributed by atoms with van der Waals surface area (Å²) in [5, 5.41) is 7.11. The molecule has 1 aliphatic heterocycles. The molecule has 0 aliphatic carbocycles. The van der Waals surface area contributed by atoms with Crippen LogP contribution < -0.4 is 10.1 Å². The lowest BCUT2D eigenvalue weighted by atomic mass is 9.87. The van der Waals surface area contributed by atoms with E-state index in [0.29, 0.717) is 18.8 Å². The minimum absolute atomic E-state index is 0.0162. The van der Waals surface area contributed by atoms with Crippen LogP contribution in [0.15, 0.2) is 54.7 Å². The van der Waals surface area contributed by atoms with E-state index in [9.17, 15) is 9.18 Å². The zero-order valence-corrected chi connectivity index (χ0v) is 14.3. The molecular weight excluding hydrogens is 333 g/mol. The first-order valence-corrected chi connectivity index (χ1v) is 8.39. The van der Waals surface area contributed by atoms with E-state index in [0.717, 1.165) is 22.5 Å². The Kier molecular flexibility index (Phi) is 4.16. The number of fused-ring (bicyclic) bond motifs is 1. The van der Waals surface area contributed by atoms with E-state index in [-0.39, 0.29) is 17.6 Å². The van der Waals surface area contributed by atoms with Crippen LogP contribution in [0.3, 0.4) is 0 Å². The van der Waals surface area contributed by atoms with Crippen LogP contribution >= 0.6 is 0 Å². The molecule has 2 heterocycles. The molecule has 1 unspecified atom stereocenters. The zero-order valence-electron chi connectivity index (χ0n) is 14.3. The SMILES string of the molecule is Cn1ncc2c1NC(=O)CC2c1ccc(OCc2cccc(F)c2)cc1. The van der Waals surface area contributed by atoms with Crippen molar-refractivity contribution in [1.29, 1.82) is 0 Å². The number of aryl methyl sites for hydroxylation is 1. The summed E-state index contributed by atoms with van der Waals surface area (Å²) in [7, 11) is 1.81. The molecule has 0 fully saturated rings. The maximum Gasteiger partial charge on any atom is 0.226 e. The molecule has 1 aliphatic rings. The summed E-state index contributed by atoms with van der Waals surface area (Å²) in [6.07, 6.45) is 2.19. The smallest absolute Gasteiger partial charge is 0.226 e. The third-order valence-corrected chi connectivity index (χ3v) is 4.57. The predicted molar refractivity (Wildman–Crippen MR) is 95.5 cm³/mol. The predicted octanol–water partition coefficient (Wildman–Crippen LogP) is 3.61. The van der Waals surface area contributed by atoms with Gasteiger partial charge in [0, 0.05) is 24.9 Å². The van der Waals surface area contributed by atoms with E-state index in [2.05, 4.69) is 10.4 Å². The number of anilines is 1. The topological polar surface area (TPSA) is 56.2 Å². The monoisotopic (exact) mass is 351 g/mol.